The number of esters is 1. The highest BCUT2D eigenvalue weighted by atomic mass is 35.5. The summed E-state index contributed by atoms with van der Waals surface area (Å²) in [4.78, 5) is 23.8. The Labute approximate surface area is 161 Å². The Morgan fingerprint density at radius 3 is 2.39 bits per heavy atom. The van der Waals surface area contributed by atoms with E-state index in [0.717, 1.165) is 10.9 Å². The molecule has 0 unspecified atom stereocenters. The molecule has 2 aromatic heterocycles. The number of carbonyl (C=O) groups is 1. The number of hydrogen-bond acceptors (Lipinski definition) is 4. The van der Waals surface area contributed by atoms with Crippen LogP contribution in [0.2, 0.25) is 5.02 Å². The second-order valence-corrected chi connectivity index (χ2v) is 6.06. The Bertz CT molecular complexity index is 1070. The van der Waals surface area contributed by atoms with Crippen LogP contribution >= 0.6 is 11.6 Å². The third-order valence-electron chi connectivity index (χ3n) is 3.75. The molecular weight excluding hydrogens is 399 g/mol. The van der Waals surface area contributed by atoms with E-state index in [2.05, 4.69) is 9.84 Å². The van der Waals surface area contributed by atoms with Crippen molar-refractivity contribution in [1.82, 2.24) is 14.3 Å². The highest BCUT2D eigenvalue weighted by Crippen LogP contribution is 2.31. The molecule has 0 radical (unpaired) electrons. The topological polar surface area (TPSA) is 66.1 Å². The van der Waals surface area contributed by atoms with Crippen LogP contribution in [-0.2, 0) is 10.9 Å². The average Bonchev–Trinajstić information content (AvgIpc) is 3.08. The minimum atomic E-state index is -4.82. The molecule has 1 aromatic carbocycles. The van der Waals surface area contributed by atoms with Crippen molar-refractivity contribution in [3.63, 3.8) is 0 Å². The van der Waals surface area contributed by atoms with Crippen molar-refractivity contribution in [2.45, 2.75) is 13.1 Å². The lowest BCUT2D eigenvalue weighted by Gasteiger charge is -2.07. The lowest BCUT2D eigenvalue weighted by molar-refractivity contribution is -0.141. The van der Waals surface area contributed by atoms with Crippen LogP contribution in [0, 0.1) is 0 Å². The number of ether oxygens (including phenoxy) is 1. The molecule has 0 bridgehead atoms. The quantitative estimate of drug-likeness (QED) is 0.611. The molecule has 0 fully saturated rings. The summed E-state index contributed by atoms with van der Waals surface area (Å²) in [5.74, 6) is -1.11. The molecule has 0 amide bonds. The molecular formula is C18H13ClF3N3O3. The summed E-state index contributed by atoms with van der Waals surface area (Å²) in [6.45, 7) is 1.43. The van der Waals surface area contributed by atoms with Gasteiger partial charge in [-0.15, -0.1) is 0 Å². The van der Waals surface area contributed by atoms with Gasteiger partial charge in [0.2, 0.25) is 0 Å². The predicted octanol–water partition coefficient (Wildman–Crippen LogP) is 3.87. The van der Waals surface area contributed by atoms with Gasteiger partial charge in [-0.1, -0.05) is 11.6 Å². The second kappa shape index (κ2) is 7.51. The summed E-state index contributed by atoms with van der Waals surface area (Å²) in [5.41, 5.74) is -1.61. The molecule has 10 heteroatoms. The number of alkyl halides is 3. The van der Waals surface area contributed by atoms with E-state index in [0.29, 0.717) is 10.7 Å². The monoisotopic (exact) mass is 411 g/mol. The van der Waals surface area contributed by atoms with Crippen LogP contribution in [0.15, 0.2) is 53.6 Å². The van der Waals surface area contributed by atoms with E-state index >= 15 is 0 Å². The van der Waals surface area contributed by atoms with Crippen LogP contribution < -0.4 is 5.56 Å². The number of benzene rings is 1. The molecule has 3 aromatic rings. The standard InChI is InChI=1S/C18H13ClF3N3O3/c1-2-28-17(27)14-10-25(23-16(14)18(20,21)22)13-5-3-12(4-6-13)24-8-7-11(19)9-15(24)26/h3-10H,2H2,1H3. The number of halogens is 4. The number of nitrogens with zero attached hydrogens (tertiary/aromatic N) is 3. The molecule has 0 N–H and O–H groups in total. The SMILES string of the molecule is CCOC(=O)c1cn(-c2ccc(-n3ccc(Cl)cc3=O)cc2)nc1C(F)(F)F. The molecule has 0 atom stereocenters. The van der Waals surface area contributed by atoms with Crippen molar-refractivity contribution >= 4 is 17.6 Å². The Balaban J connectivity index is 2.00. The summed E-state index contributed by atoms with van der Waals surface area (Å²) in [6.07, 6.45) is -2.37. The van der Waals surface area contributed by atoms with Gasteiger partial charge in [0, 0.05) is 29.2 Å². The molecule has 0 aliphatic rings. The summed E-state index contributed by atoms with van der Waals surface area (Å²) < 4.78 is 46.6. The molecule has 2 heterocycles. The maximum atomic E-state index is 13.2. The van der Waals surface area contributed by atoms with Crippen molar-refractivity contribution in [2.24, 2.45) is 0 Å². The smallest absolute Gasteiger partial charge is 0.436 e. The van der Waals surface area contributed by atoms with Crippen molar-refractivity contribution < 1.29 is 22.7 Å². The van der Waals surface area contributed by atoms with Gasteiger partial charge in [0.05, 0.1) is 12.3 Å². The summed E-state index contributed by atoms with van der Waals surface area (Å²) in [6, 6.07) is 8.78. The van der Waals surface area contributed by atoms with Gasteiger partial charge < -0.3 is 4.74 Å². The maximum Gasteiger partial charge on any atom is 0.436 e. The van der Waals surface area contributed by atoms with E-state index in [4.69, 9.17) is 11.6 Å². The highest BCUT2D eigenvalue weighted by molar-refractivity contribution is 6.30. The Kier molecular flexibility index (Phi) is 5.28. The second-order valence-electron chi connectivity index (χ2n) is 5.62. The van der Waals surface area contributed by atoms with Gasteiger partial charge in [0.15, 0.2) is 5.69 Å². The number of hydrogen-bond donors (Lipinski definition) is 0. The van der Waals surface area contributed by atoms with Crippen LogP contribution in [0.25, 0.3) is 11.4 Å². The molecule has 0 saturated heterocycles. The van der Waals surface area contributed by atoms with Gasteiger partial charge in [0.1, 0.15) is 5.56 Å². The van der Waals surface area contributed by atoms with E-state index in [9.17, 15) is 22.8 Å². The fourth-order valence-corrected chi connectivity index (χ4v) is 2.66. The van der Waals surface area contributed by atoms with E-state index in [1.165, 1.54) is 54.1 Å². The summed E-state index contributed by atoms with van der Waals surface area (Å²) in [7, 11) is 0. The summed E-state index contributed by atoms with van der Waals surface area (Å²) in [5, 5.41) is 3.78. The fraction of sp³-hybridized carbons (Fsp3) is 0.167. The Morgan fingerprint density at radius 2 is 1.82 bits per heavy atom. The number of pyridine rings is 1. The normalized spacial score (nSPS) is 11.5. The third kappa shape index (κ3) is 3.94. The van der Waals surface area contributed by atoms with Gasteiger partial charge in [-0.3, -0.25) is 9.36 Å². The highest BCUT2D eigenvalue weighted by Gasteiger charge is 2.39. The molecule has 28 heavy (non-hydrogen) atoms. The number of carbonyl (C=O) groups excluding carboxylic acids is 1. The van der Waals surface area contributed by atoms with Gasteiger partial charge in [-0.05, 0) is 37.3 Å². The molecule has 0 aliphatic carbocycles. The van der Waals surface area contributed by atoms with Crippen LogP contribution in [0.3, 0.4) is 0 Å². The van der Waals surface area contributed by atoms with Gasteiger partial charge >= 0.3 is 12.1 Å². The van der Waals surface area contributed by atoms with Crippen molar-refractivity contribution in [1.29, 1.82) is 0 Å². The first-order valence-electron chi connectivity index (χ1n) is 8.03. The van der Waals surface area contributed by atoms with E-state index < -0.39 is 23.4 Å². The van der Waals surface area contributed by atoms with Gasteiger partial charge in [-0.25, -0.2) is 9.48 Å². The first-order chi connectivity index (χ1) is 13.2. The molecule has 0 aliphatic heterocycles. The first kappa shape index (κ1) is 19.7. The first-order valence-corrected chi connectivity index (χ1v) is 8.41. The molecule has 3 rings (SSSR count). The van der Waals surface area contributed by atoms with Crippen LogP contribution in [0.4, 0.5) is 13.2 Å². The lowest BCUT2D eigenvalue weighted by Crippen LogP contribution is -2.16. The van der Waals surface area contributed by atoms with Crippen LogP contribution in [0.5, 0.6) is 0 Å². The average molecular weight is 412 g/mol. The number of rotatable bonds is 4. The van der Waals surface area contributed by atoms with Crippen LogP contribution in [-0.4, -0.2) is 26.9 Å². The Hall–Kier alpha value is -3.07. The summed E-state index contributed by atoms with van der Waals surface area (Å²) >= 11 is 5.76. The van der Waals surface area contributed by atoms with E-state index in [-0.39, 0.29) is 17.9 Å². The molecule has 0 saturated carbocycles. The zero-order chi connectivity index (χ0) is 20.5. The van der Waals surface area contributed by atoms with Gasteiger partial charge in [-0.2, -0.15) is 18.3 Å². The van der Waals surface area contributed by atoms with E-state index in [1.54, 1.807) is 0 Å². The van der Waals surface area contributed by atoms with Gasteiger partial charge in [0.25, 0.3) is 5.56 Å². The van der Waals surface area contributed by atoms with Crippen molar-refractivity contribution in [3.05, 3.63) is 75.4 Å². The minimum Gasteiger partial charge on any atom is -0.462 e. The largest absolute Gasteiger partial charge is 0.462 e. The van der Waals surface area contributed by atoms with Crippen molar-refractivity contribution in [2.75, 3.05) is 6.61 Å². The maximum absolute atomic E-state index is 13.2. The zero-order valence-corrected chi connectivity index (χ0v) is 15.2. The lowest BCUT2D eigenvalue weighted by atomic mass is 10.2. The molecule has 0 spiro atoms. The van der Waals surface area contributed by atoms with Crippen molar-refractivity contribution in [3.8, 4) is 11.4 Å². The molecule has 146 valence electrons. The third-order valence-corrected chi connectivity index (χ3v) is 3.99. The number of aromatic nitrogens is 3. The zero-order valence-electron chi connectivity index (χ0n) is 14.4. The van der Waals surface area contributed by atoms with Crippen LogP contribution in [0.1, 0.15) is 23.0 Å². The Morgan fingerprint density at radius 1 is 1.18 bits per heavy atom. The minimum absolute atomic E-state index is 0.0636. The van der Waals surface area contributed by atoms with E-state index in [1.807, 2.05) is 0 Å². The molecule has 6 nitrogen and oxygen atoms in total. The fourth-order valence-electron chi connectivity index (χ4n) is 2.51. The predicted molar refractivity (Wildman–Crippen MR) is 95.1 cm³/mol.